The first kappa shape index (κ1) is 16.0. The Kier molecular flexibility index (Phi) is 5.15. The average molecular weight is 297 g/mol. The second kappa shape index (κ2) is 7.07. The third-order valence-electron chi connectivity index (χ3n) is 3.42. The lowest BCUT2D eigenvalue weighted by Crippen LogP contribution is -2.27. The fraction of sp³-hybridized carbons (Fsp3) is 0.333. The van der Waals surface area contributed by atoms with E-state index in [1.165, 1.54) is 11.1 Å². The number of aryl methyl sites for hydroxylation is 2. The average Bonchev–Trinajstić information content (AvgIpc) is 2.49. The van der Waals surface area contributed by atoms with Crippen molar-refractivity contribution < 1.29 is 4.79 Å². The highest BCUT2D eigenvalue weighted by atomic mass is 16.1. The maximum absolute atomic E-state index is 11.9. The van der Waals surface area contributed by atoms with Crippen LogP contribution in [0.4, 0.5) is 11.4 Å². The largest absolute Gasteiger partial charge is 0.354 e. The zero-order valence-electron chi connectivity index (χ0n) is 13.6. The number of hydrogen-bond acceptors (Lipinski definition) is 3. The summed E-state index contributed by atoms with van der Waals surface area (Å²) in [7, 11) is 0. The molecule has 0 saturated heterocycles. The molecule has 0 atom stereocenters. The highest BCUT2D eigenvalue weighted by Crippen LogP contribution is 2.23. The highest BCUT2D eigenvalue weighted by molar-refractivity contribution is 5.92. The normalized spacial score (nSPS) is 10.6. The van der Waals surface area contributed by atoms with E-state index in [1.54, 1.807) is 12.3 Å². The molecule has 1 heterocycles. The Labute approximate surface area is 132 Å². The van der Waals surface area contributed by atoms with Crippen molar-refractivity contribution in [2.45, 2.75) is 27.7 Å². The standard InChI is InChI=1S/C18H23N3O/c1-12(2)10-20-18(22)16-9-8-15(11-19-16)21-17-13(3)6-5-7-14(17)4/h5-9,11-12,21H,10H2,1-4H3,(H,20,22). The van der Waals surface area contributed by atoms with E-state index in [2.05, 4.69) is 55.4 Å². The molecule has 4 nitrogen and oxygen atoms in total. The van der Waals surface area contributed by atoms with Gasteiger partial charge in [-0.3, -0.25) is 4.79 Å². The van der Waals surface area contributed by atoms with E-state index in [-0.39, 0.29) is 5.91 Å². The Hall–Kier alpha value is -2.36. The quantitative estimate of drug-likeness (QED) is 0.882. The molecule has 0 spiro atoms. The van der Waals surface area contributed by atoms with Crippen LogP contribution in [0.1, 0.15) is 35.5 Å². The first-order valence-corrected chi connectivity index (χ1v) is 7.55. The van der Waals surface area contributed by atoms with E-state index in [0.29, 0.717) is 18.2 Å². The first-order valence-electron chi connectivity index (χ1n) is 7.55. The number of carbonyl (C=O) groups is 1. The van der Waals surface area contributed by atoms with Crippen molar-refractivity contribution in [1.29, 1.82) is 0 Å². The molecule has 22 heavy (non-hydrogen) atoms. The maximum atomic E-state index is 11.9. The monoisotopic (exact) mass is 297 g/mol. The lowest BCUT2D eigenvalue weighted by atomic mass is 10.1. The predicted molar refractivity (Wildman–Crippen MR) is 90.6 cm³/mol. The van der Waals surface area contributed by atoms with E-state index < -0.39 is 0 Å². The molecule has 0 fully saturated rings. The molecular formula is C18H23N3O. The number of rotatable bonds is 5. The summed E-state index contributed by atoms with van der Waals surface area (Å²) in [5, 5.41) is 6.23. The molecule has 1 aromatic heterocycles. The summed E-state index contributed by atoms with van der Waals surface area (Å²) in [6, 6.07) is 9.79. The predicted octanol–water partition coefficient (Wildman–Crippen LogP) is 3.83. The molecule has 4 heteroatoms. The zero-order chi connectivity index (χ0) is 16.1. The van der Waals surface area contributed by atoms with Crippen LogP contribution < -0.4 is 10.6 Å². The van der Waals surface area contributed by atoms with Gasteiger partial charge >= 0.3 is 0 Å². The number of amides is 1. The molecule has 1 amide bonds. The lowest BCUT2D eigenvalue weighted by Gasteiger charge is -2.13. The zero-order valence-corrected chi connectivity index (χ0v) is 13.6. The number of pyridine rings is 1. The van der Waals surface area contributed by atoms with Gasteiger partial charge in [0.2, 0.25) is 0 Å². The molecule has 116 valence electrons. The third-order valence-corrected chi connectivity index (χ3v) is 3.42. The summed E-state index contributed by atoms with van der Waals surface area (Å²) >= 11 is 0. The fourth-order valence-corrected chi connectivity index (χ4v) is 2.15. The summed E-state index contributed by atoms with van der Waals surface area (Å²) in [4.78, 5) is 16.2. The molecule has 0 unspecified atom stereocenters. The van der Waals surface area contributed by atoms with Crippen molar-refractivity contribution in [3.63, 3.8) is 0 Å². The van der Waals surface area contributed by atoms with Gasteiger partial charge in [-0.1, -0.05) is 32.0 Å². The third kappa shape index (κ3) is 4.07. The van der Waals surface area contributed by atoms with Crippen molar-refractivity contribution in [1.82, 2.24) is 10.3 Å². The summed E-state index contributed by atoms with van der Waals surface area (Å²) < 4.78 is 0. The first-order chi connectivity index (χ1) is 10.5. The minimum atomic E-state index is -0.132. The molecule has 2 rings (SSSR count). The Morgan fingerprint density at radius 2 is 1.82 bits per heavy atom. The maximum Gasteiger partial charge on any atom is 0.269 e. The van der Waals surface area contributed by atoms with Crippen LogP contribution in [0.3, 0.4) is 0 Å². The Morgan fingerprint density at radius 1 is 1.14 bits per heavy atom. The molecule has 0 bridgehead atoms. The fourth-order valence-electron chi connectivity index (χ4n) is 2.15. The summed E-state index contributed by atoms with van der Waals surface area (Å²) in [5.74, 6) is 0.293. The second-order valence-electron chi connectivity index (χ2n) is 5.93. The van der Waals surface area contributed by atoms with Gasteiger partial charge in [-0.15, -0.1) is 0 Å². The molecule has 0 saturated carbocycles. The molecule has 0 aliphatic rings. The molecule has 1 aromatic carbocycles. The lowest BCUT2D eigenvalue weighted by molar-refractivity contribution is 0.0944. The number of aromatic nitrogens is 1. The van der Waals surface area contributed by atoms with Crippen molar-refractivity contribution in [3.8, 4) is 0 Å². The van der Waals surface area contributed by atoms with Crippen LogP contribution in [0, 0.1) is 19.8 Å². The molecule has 0 aliphatic carbocycles. The summed E-state index contributed by atoms with van der Waals surface area (Å²) in [5.41, 5.74) is 4.75. The molecule has 2 N–H and O–H groups in total. The van der Waals surface area contributed by atoms with Gasteiger partial charge in [-0.05, 0) is 43.0 Å². The molecule has 0 radical (unpaired) electrons. The number of para-hydroxylation sites is 1. The van der Waals surface area contributed by atoms with Crippen molar-refractivity contribution in [2.75, 3.05) is 11.9 Å². The van der Waals surface area contributed by atoms with Crippen LogP contribution in [0.5, 0.6) is 0 Å². The van der Waals surface area contributed by atoms with Gasteiger partial charge in [-0.25, -0.2) is 4.98 Å². The van der Waals surface area contributed by atoms with E-state index >= 15 is 0 Å². The molecule has 2 aromatic rings. The number of benzene rings is 1. The Morgan fingerprint density at radius 3 is 2.36 bits per heavy atom. The van der Waals surface area contributed by atoms with Crippen molar-refractivity contribution >= 4 is 17.3 Å². The summed E-state index contributed by atoms with van der Waals surface area (Å²) in [6.07, 6.45) is 1.69. The number of anilines is 2. The van der Waals surface area contributed by atoms with E-state index in [4.69, 9.17) is 0 Å². The van der Waals surface area contributed by atoms with Crippen LogP contribution in [0.15, 0.2) is 36.5 Å². The number of nitrogens with zero attached hydrogens (tertiary/aromatic N) is 1. The van der Waals surface area contributed by atoms with Gasteiger partial charge in [0.1, 0.15) is 5.69 Å². The van der Waals surface area contributed by atoms with Gasteiger partial charge in [-0.2, -0.15) is 0 Å². The smallest absolute Gasteiger partial charge is 0.269 e. The SMILES string of the molecule is Cc1cccc(C)c1Nc1ccc(C(=O)NCC(C)C)nc1. The van der Waals surface area contributed by atoms with Crippen molar-refractivity contribution in [2.24, 2.45) is 5.92 Å². The van der Waals surface area contributed by atoms with E-state index in [1.807, 2.05) is 12.1 Å². The van der Waals surface area contributed by atoms with Gasteiger partial charge in [0, 0.05) is 12.2 Å². The van der Waals surface area contributed by atoms with Crippen LogP contribution in [0.2, 0.25) is 0 Å². The van der Waals surface area contributed by atoms with Crippen LogP contribution in [-0.2, 0) is 0 Å². The van der Waals surface area contributed by atoms with Crippen molar-refractivity contribution in [3.05, 3.63) is 53.3 Å². The van der Waals surface area contributed by atoms with E-state index in [0.717, 1.165) is 11.4 Å². The van der Waals surface area contributed by atoms with Gasteiger partial charge < -0.3 is 10.6 Å². The Bertz CT molecular complexity index is 628. The highest BCUT2D eigenvalue weighted by Gasteiger charge is 2.08. The number of carbonyl (C=O) groups excluding carboxylic acids is 1. The van der Waals surface area contributed by atoms with Gasteiger partial charge in [0.05, 0.1) is 11.9 Å². The van der Waals surface area contributed by atoms with Crippen LogP contribution >= 0.6 is 0 Å². The van der Waals surface area contributed by atoms with Crippen LogP contribution in [0.25, 0.3) is 0 Å². The van der Waals surface area contributed by atoms with Gasteiger partial charge in [0.25, 0.3) is 5.91 Å². The Balaban J connectivity index is 2.08. The topological polar surface area (TPSA) is 54.0 Å². The minimum Gasteiger partial charge on any atom is -0.354 e. The molecular weight excluding hydrogens is 274 g/mol. The van der Waals surface area contributed by atoms with Gasteiger partial charge in [0.15, 0.2) is 0 Å². The molecule has 0 aliphatic heterocycles. The van der Waals surface area contributed by atoms with E-state index in [9.17, 15) is 4.79 Å². The summed E-state index contributed by atoms with van der Waals surface area (Å²) in [6.45, 7) is 8.91. The minimum absolute atomic E-state index is 0.132. The number of hydrogen-bond donors (Lipinski definition) is 2. The number of nitrogens with one attached hydrogen (secondary N) is 2. The van der Waals surface area contributed by atoms with Crippen LogP contribution in [-0.4, -0.2) is 17.4 Å². The second-order valence-corrected chi connectivity index (χ2v) is 5.93.